The van der Waals surface area contributed by atoms with Gasteiger partial charge in [-0.05, 0) is 31.0 Å². The maximum atomic E-state index is 12.3. The second kappa shape index (κ2) is 7.66. The van der Waals surface area contributed by atoms with E-state index in [1.54, 1.807) is 0 Å². The summed E-state index contributed by atoms with van der Waals surface area (Å²) in [5.74, 6) is 0.877. The SMILES string of the molecule is CCOc1ccc(CCNC(=O)N2CC3COCC(C2)O3)cc1. The first-order valence-electron chi connectivity index (χ1n) is 8.22. The molecule has 2 aliphatic heterocycles. The van der Waals surface area contributed by atoms with Crippen molar-refractivity contribution in [1.82, 2.24) is 10.2 Å². The van der Waals surface area contributed by atoms with Crippen LogP contribution in [0.15, 0.2) is 24.3 Å². The molecule has 2 amide bonds. The molecule has 2 aliphatic rings. The van der Waals surface area contributed by atoms with E-state index in [9.17, 15) is 4.79 Å². The maximum absolute atomic E-state index is 12.3. The fourth-order valence-corrected chi connectivity index (χ4v) is 2.95. The van der Waals surface area contributed by atoms with Crippen molar-refractivity contribution in [2.75, 3.05) is 39.5 Å². The molecule has 2 heterocycles. The monoisotopic (exact) mass is 320 g/mol. The zero-order chi connectivity index (χ0) is 16.1. The highest BCUT2D eigenvalue weighted by Crippen LogP contribution is 2.17. The van der Waals surface area contributed by atoms with Gasteiger partial charge in [-0.15, -0.1) is 0 Å². The van der Waals surface area contributed by atoms with Gasteiger partial charge in [-0.3, -0.25) is 0 Å². The lowest BCUT2D eigenvalue weighted by Crippen LogP contribution is -2.57. The Kier molecular flexibility index (Phi) is 5.35. The van der Waals surface area contributed by atoms with Gasteiger partial charge >= 0.3 is 6.03 Å². The van der Waals surface area contributed by atoms with Gasteiger partial charge < -0.3 is 24.4 Å². The number of ether oxygens (including phenoxy) is 3. The molecule has 2 bridgehead atoms. The van der Waals surface area contributed by atoms with Gasteiger partial charge in [-0.2, -0.15) is 0 Å². The molecular formula is C17H24N2O4. The van der Waals surface area contributed by atoms with E-state index in [1.165, 1.54) is 5.56 Å². The van der Waals surface area contributed by atoms with Crippen LogP contribution in [-0.4, -0.2) is 62.6 Å². The predicted octanol–water partition coefficient (Wildman–Crippen LogP) is 1.44. The topological polar surface area (TPSA) is 60.0 Å². The Morgan fingerprint density at radius 1 is 1.26 bits per heavy atom. The highest BCUT2D eigenvalue weighted by Gasteiger charge is 2.33. The van der Waals surface area contributed by atoms with Crippen molar-refractivity contribution in [3.63, 3.8) is 0 Å². The number of fused-ring (bicyclic) bond motifs is 2. The molecule has 3 rings (SSSR count). The van der Waals surface area contributed by atoms with Gasteiger partial charge in [0.1, 0.15) is 5.75 Å². The molecule has 1 aromatic rings. The summed E-state index contributed by atoms with van der Waals surface area (Å²) in [6.07, 6.45) is 0.831. The number of nitrogens with zero attached hydrogens (tertiary/aromatic N) is 1. The third-order valence-corrected chi connectivity index (χ3v) is 4.05. The average Bonchev–Trinajstić information content (AvgIpc) is 2.56. The molecule has 0 aliphatic carbocycles. The summed E-state index contributed by atoms with van der Waals surface area (Å²) in [5, 5.41) is 2.99. The number of urea groups is 1. The summed E-state index contributed by atoms with van der Waals surface area (Å²) in [7, 11) is 0. The Balaban J connectivity index is 1.42. The average molecular weight is 320 g/mol. The van der Waals surface area contributed by atoms with Crippen molar-refractivity contribution in [3.05, 3.63) is 29.8 Å². The maximum Gasteiger partial charge on any atom is 0.317 e. The minimum absolute atomic E-state index is 0.0133. The smallest absolute Gasteiger partial charge is 0.317 e. The zero-order valence-electron chi connectivity index (χ0n) is 13.5. The number of carbonyl (C=O) groups is 1. The number of rotatable bonds is 5. The summed E-state index contributed by atoms with van der Waals surface area (Å²) in [6.45, 7) is 5.61. The van der Waals surface area contributed by atoms with Gasteiger partial charge in [0.15, 0.2) is 0 Å². The molecule has 0 radical (unpaired) electrons. The van der Waals surface area contributed by atoms with Crippen molar-refractivity contribution >= 4 is 6.03 Å². The normalized spacial score (nSPS) is 23.4. The van der Waals surface area contributed by atoms with E-state index in [2.05, 4.69) is 5.32 Å². The standard InChI is InChI=1S/C17H24N2O4/c1-2-22-14-5-3-13(4-6-14)7-8-18-17(20)19-9-15-11-21-12-16(10-19)23-15/h3-6,15-16H,2,7-12H2,1H3,(H,18,20). The summed E-state index contributed by atoms with van der Waals surface area (Å²) in [4.78, 5) is 14.1. The van der Waals surface area contributed by atoms with Crippen LogP contribution in [0.3, 0.4) is 0 Å². The lowest BCUT2D eigenvalue weighted by atomic mass is 10.1. The fraction of sp³-hybridized carbons (Fsp3) is 0.588. The molecule has 0 spiro atoms. The van der Waals surface area contributed by atoms with Crippen LogP contribution < -0.4 is 10.1 Å². The van der Waals surface area contributed by atoms with Crippen molar-refractivity contribution in [2.45, 2.75) is 25.6 Å². The van der Waals surface area contributed by atoms with E-state index in [-0.39, 0.29) is 18.2 Å². The van der Waals surface area contributed by atoms with Gasteiger partial charge in [0, 0.05) is 6.54 Å². The van der Waals surface area contributed by atoms with E-state index < -0.39 is 0 Å². The van der Waals surface area contributed by atoms with Crippen LogP contribution in [0.4, 0.5) is 4.79 Å². The van der Waals surface area contributed by atoms with Crippen LogP contribution in [0, 0.1) is 0 Å². The quantitative estimate of drug-likeness (QED) is 0.892. The molecule has 2 saturated heterocycles. The van der Waals surface area contributed by atoms with Crippen molar-refractivity contribution in [3.8, 4) is 5.75 Å². The van der Waals surface area contributed by atoms with Gasteiger partial charge in [-0.1, -0.05) is 12.1 Å². The minimum atomic E-state index is -0.0175. The Bertz CT molecular complexity index is 508. The molecule has 6 nitrogen and oxygen atoms in total. The first kappa shape index (κ1) is 16.1. The van der Waals surface area contributed by atoms with E-state index in [0.717, 1.165) is 12.2 Å². The molecular weight excluding hydrogens is 296 g/mol. The summed E-state index contributed by atoms with van der Waals surface area (Å²) in [5.41, 5.74) is 1.18. The minimum Gasteiger partial charge on any atom is -0.494 e. The number of hydrogen-bond acceptors (Lipinski definition) is 4. The second-order valence-corrected chi connectivity index (χ2v) is 5.88. The van der Waals surface area contributed by atoms with Crippen molar-refractivity contribution in [2.24, 2.45) is 0 Å². The largest absolute Gasteiger partial charge is 0.494 e. The summed E-state index contributed by atoms with van der Waals surface area (Å²) < 4.78 is 16.6. The predicted molar refractivity (Wildman–Crippen MR) is 85.8 cm³/mol. The van der Waals surface area contributed by atoms with Gasteiger partial charge in [0.25, 0.3) is 0 Å². The number of hydrogen-bond donors (Lipinski definition) is 1. The van der Waals surface area contributed by atoms with Crippen LogP contribution in [0.1, 0.15) is 12.5 Å². The van der Waals surface area contributed by atoms with Crippen LogP contribution in [0.25, 0.3) is 0 Å². The van der Waals surface area contributed by atoms with Crippen molar-refractivity contribution < 1.29 is 19.0 Å². The third-order valence-electron chi connectivity index (χ3n) is 4.05. The number of carbonyl (C=O) groups excluding carboxylic acids is 1. The first-order chi connectivity index (χ1) is 11.2. The molecule has 2 fully saturated rings. The Morgan fingerprint density at radius 2 is 1.96 bits per heavy atom. The molecule has 0 saturated carbocycles. The van der Waals surface area contributed by atoms with E-state index in [0.29, 0.717) is 39.5 Å². The van der Waals surface area contributed by atoms with Gasteiger partial charge in [-0.25, -0.2) is 4.79 Å². The van der Waals surface area contributed by atoms with Crippen LogP contribution in [0.5, 0.6) is 5.75 Å². The second-order valence-electron chi connectivity index (χ2n) is 5.88. The van der Waals surface area contributed by atoms with E-state index >= 15 is 0 Å². The molecule has 2 atom stereocenters. The van der Waals surface area contributed by atoms with Gasteiger partial charge in [0.05, 0.1) is 45.1 Å². The Hall–Kier alpha value is -1.79. The molecule has 23 heavy (non-hydrogen) atoms. The summed E-state index contributed by atoms with van der Waals surface area (Å²) >= 11 is 0. The third kappa shape index (κ3) is 4.36. The first-order valence-corrected chi connectivity index (χ1v) is 8.22. The van der Waals surface area contributed by atoms with Crippen LogP contribution >= 0.6 is 0 Å². The molecule has 1 aromatic carbocycles. The molecule has 126 valence electrons. The Morgan fingerprint density at radius 3 is 2.61 bits per heavy atom. The van der Waals surface area contributed by atoms with Crippen LogP contribution in [0.2, 0.25) is 0 Å². The number of amides is 2. The number of benzene rings is 1. The summed E-state index contributed by atoms with van der Waals surface area (Å²) in [6, 6.07) is 7.98. The highest BCUT2D eigenvalue weighted by molar-refractivity contribution is 5.74. The lowest BCUT2D eigenvalue weighted by molar-refractivity contribution is -0.171. The van der Waals surface area contributed by atoms with E-state index in [1.807, 2.05) is 36.1 Å². The molecule has 0 aromatic heterocycles. The van der Waals surface area contributed by atoms with Crippen molar-refractivity contribution in [1.29, 1.82) is 0 Å². The molecule has 6 heteroatoms. The molecule has 2 unspecified atom stereocenters. The Labute approximate surface area is 136 Å². The van der Waals surface area contributed by atoms with E-state index in [4.69, 9.17) is 14.2 Å². The number of nitrogens with one attached hydrogen (secondary N) is 1. The highest BCUT2D eigenvalue weighted by atomic mass is 16.6. The lowest BCUT2D eigenvalue weighted by Gasteiger charge is -2.41. The molecule has 1 N–H and O–H groups in total. The fourth-order valence-electron chi connectivity index (χ4n) is 2.95. The van der Waals surface area contributed by atoms with Crippen LogP contribution in [-0.2, 0) is 15.9 Å². The number of morpholine rings is 1. The van der Waals surface area contributed by atoms with Gasteiger partial charge in [0.2, 0.25) is 0 Å². The zero-order valence-corrected chi connectivity index (χ0v) is 13.5.